The zero-order valence-corrected chi connectivity index (χ0v) is 18.1. The second-order valence-electron chi connectivity index (χ2n) is 6.64. The van der Waals surface area contributed by atoms with Gasteiger partial charge in [0.05, 0.1) is 5.69 Å². The topological polar surface area (TPSA) is 96.5 Å². The summed E-state index contributed by atoms with van der Waals surface area (Å²) in [6.45, 7) is -0.449. The van der Waals surface area contributed by atoms with E-state index in [4.69, 9.17) is 4.74 Å². The molecule has 3 rings (SSSR count). The second kappa shape index (κ2) is 12.2. The van der Waals surface area contributed by atoms with Gasteiger partial charge >= 0.3 is 12.0 Å². The Hall–Kier alpha value is -3.78. The zero-order chi connectivity index (χ0) is 22.6. The summed E-state index contributed by atoms with van der Waals surface area (Å²) in [5.41, 5.74) is 1.56. The summed E-state index contributed by atoms with van der Waals surface area (Å²) in [6, 6.07) is 26.1. The molecule has 164 valence electrons. The van der Waals surface area contributed by atoms with Gasteiger partial charge in [0.1, 0.15) is 6.54 Å². The number of ether oxygens (including phenoxy) is 1. The van der Waals surface area contributed by atoms with Gasteiger partial charge < -0.3 is 20.7 Å². The number of hydrogen-bond donors (Lipinski definition) is 3. The van der Waals surface area contributed by atoms with Crippen LogP contribution in [-0.2, 0) is 20.9 Å². The Kier molecular flexibility index (Phi) is 8.70. The fourth-order valence-corrected chi connectivity index (χ4v) is 3.57. The molecule has 7 nitrogen and oxygen atoms in total. The Morgan fingerprint density at radius 3 is 2.19 bits per heavy atom. The van der Waals surface area contributed by atoms with Crippen LogP contribution in [0.15, 0.2) is 94.7 Å². The third-order valence-electron chi connectivity index (χ3n) is 4.19. The molecule has 3 amide bonds. The zero-order valence-electron chi connectivity index (χ0n) is 17.2. The van der Waals surface area contributed by atoms with E-state index >= 15 is 0 Å². The first-order valence-electron chi connectivity index (χ1n) is 9.93. The number of benzene rings is 3. The lowest BCUT2D eigenvalue weighted by Gasteiger charge is -2.11. The van der Waals surface area contributed by atoms with Gasteiger partial charge in [-0.25, -0.2) is 4.79 Å². The third-order valence-corrected chi connectivity index (χ3v) is 5.27. The minimum atomic E-state index is -0.707. The van der Waals surface area contributed by atoms with Crippen molar-refractivity contribution in [2.75, 3.05) is 18.5 Å². The van der Waals surface area contributed by atoms with E-state index in [1.807, 2.05) is 78.9 Å². The molecular weight excluding hydrogens is 426 g/mol. The summed E-state index contributed by atoms with van der Waals surface area (Å²) < 4.78 is 4.95. The molecule has 0 bridgehead atoms. The number of hydrogen-bond acceptors (Lipinski definition) is 5. The molecule has 0 saturated carbocycles. The number of urea groups is 1. The summed E-state index contributed by atoms with van der Waals surface area (Å²) in [5.74, 6) is -1.17. The minimum Gasteiger partial charge on any atom is -0.454 e. The Morgan fingerprint density at radius 1 is 0.781 bits per heavy atom. The van der Waals surface area contributed by atoms with Crippen molar-refractivity contribution in [1.82, 2.24) is 10.6 Å². The monoisotopic (exact) mass is 449 g/mol. The third kappa shape index (κ3) is 7.81. The van der Waals surface area contributed by atoms with Crippen molar-refractivity contribution >= 4 is 35.4 Å². The normalized spacial score (nSPS) is 10.1. The summed E-state index contributed by atoms with van der Waals surface area (Å²) in [7, 11) is 0. The van der Waals surface area contributed by atoms with Gasteiger partial charge in [0.15, 0.2) is 6.61 Å². The maximum absolute atomic E-state index is 12.2. The highest BCUT2D eigenvalue weighted by molar-refractivity contribution is 7.99. The molecule has 0 radical (unpaired) electrons. The van der Waals surface area contributed by atoms with Crippen LogP contribution in [0.3, 0.4) is 0 Å². The summed E-state index contributed by atoms with van der Waals surface area (Å²) in [5, 5.41) is 7.79. The predicted molar refractivity (Wildman–Crippen MR) is 123 cm³/mol. The fourth-order valence-electron chi connectivity index (χ4n) is 2.65. The van der Waals surface area contributed by atoms with E-state index in [0.717, 1.165) is 15.4 Å². The molecular formula is C24H23N3O4S. The molecule has 32 heavy (non-hydrogen) atoms. The number of anilines is 1. The number of rotatable bonds is 9. The summed E-state index contributed by atoms with van der Waals surface area (Å²) >= 11 is 1.52. The maximum atomic E-state index is 12.2. The first-order chi connectivity index (χ1) is 15.6. The van der Waals surface area contributed by atoms with E-state index in [2.05, 4.69) is 16.0 Å². The van der Waals surface area contributed by atoms with Crippen LogP contribution in [0.5, 0.6) is 0 Å². The van der Waals surface area contributed by atoms with Crippen molar-refractivity contribution in [3.05, 3.63) is 90.5 Å². The van der Waals surface area contributed by atoms with Gasteiger partial charge in [0, 0.05) is 16.3 Å². The van der Waals surface area contributed by atoms with Crippen molar-refractivity contribution in [3.8, 4) is 0 Å². The lowest BCUT2D eigenvalue weighted by Crippen LogP contribution is -2.39. The van der Waals surface area contributed by atoms with E-state index in [9.17, 15) is 14.4 Å². The Balaban J connectivity index is 1.39. The number of para-hydroxylation sites is 1. The molecule has 3 N–H and O–H groups in total. The highest BCUT2D eigenvalue weighted by Crippen LogP contribution is 2.33. The molecule has 0 aliphatic carbocycles. The Morgan fingerprint density at radius 2 is 1.44 bits per heavy atom. The highest BCUT2D eigenvalue weighted by atomic mass is 32.2. The number of nitrogens with one attached hydrogen (secondary N) is 3. The average Bonchev–Trinajstić information content (AvgIpc) is 2.82. The number of esters is 1. The Labute approximate surface area is 190 Å². The molecule has 0 aliphatic rings. The van der Waals surface area contributed by atoms with E-state index < -0.39 is 24.5 Å². The van der Waals surface area contributed by atoms with Gasteiger partial charge in [-0.2, -0.15) is 0 Å². The van der Waals surface area contributed by atoms with Crippen molar-refractivity contribution in [2.24, 2.45) is 0 Å². The Bertz CT molecular complexity index is 1050. The van der Waals surface area contributed by atoms with E-state index in [1.54, 1.807) is 6.07 Å². The SMILES string of the molecule is O=C(COC(=O)CNC(=O)NCc1ccccc1)Nc1ccccc1Sc1ccccc1. The second-order valence-corrected chi connectivity index (χ2v) is 7.76. The summed E-state index contributed by atoms with van der Waals surface area (Å²) in [4.78, 5) is 37.7. The van der Waals surface area contributed by atoms with Gasteiger partial charge in [-0.15, -0.1) is 0 Å². The van der Waals surface area contributed by atoms with Crippen molar-refractivity contribution in [1.29, 1.82) is 0 Å². The maximum Gasteiger partial charge on any atom is 0.325 e. The molecule has 8 heteroatoms. The predicted octanol–water partition coefficient (Wildman–Crippen LogP) is 3.82. The van der Waals surface area contributed by atoms with Crippen LogP contribution < -0.4 is 16.0 Å². The number of amides is 3. The highest BCUT2D eigenvalue weighted by Gasteiger charge is 2.12. The van der Waals surface area contributed by atoms with Crippen LogP contribution in [0.1, 0.15) is 5.56 Å². The van der Waals surface area contributed by atoms with Crippen LogP contribution in [0, 0.1) is 0 Å². The average molecular weight is 450 g/mol. The van der Waals surface area contributed by atoms with Crippen LogP contribution in [0.25, 0.3) is 0 Å². The first-order valence-corrected chi connectivity index (χ1v) is 10.7. The lowest BCUT2D eigenvalue weighted by molar-refractivity contribution is -0.146. The van der Waals surface area contributed by atoms with Crippen LogP contribution >= 0.6 is 11.8 Å². The van der Waals surface area contributed by atoms with Gasteiger partial charge in [-0.05, 0) is 29.8 Å². The van der Waals surface area contributed by atoms with Crippen molar-refractivity contribution in [3.63, 3.8) is 0 Å². The molecule has 0 unspecified atom stereocenters. The first kappa shape index (κ1) is 22.9. The van der Waals surface area contributed by atoms with Crippen molar-refractivity contribution < 1.29 is 19.1 Å². The van der Waals surface area contributed by atoms with Gasteiger partial charge in [0.2, 0.25) is 0 Å². The largest absolute Gasteiger partial charge is 0.454 e. The van der Waals surface area contributed by atoms with Gasteiger partial charge in [-0.1, -0.05) is 72.4 Å². The van der Waals surface area contributed by atoms with Crippen molar-refractivity contribution in [2.45, 2.75) is 16.3 Å². The molecule has 0 fully saturated rings. The molecule has 0 heterocycles. The molecule has 3 aromatic carbocycles. The van der Waals surface area contributed by atoms with E-state index in [-0.39, 0.29) is 6.54 Å². The quantitative estimate of drug-likeness (QED) is 0.432. The minimum absolute atomic E-state index is 0.338. The fraction of sp³-hybridized carbons (Fsp3) is 0.125. The molecule has 0 spiro atoms. The standard InChI is InChI=1S/C24H23N3O4S/c28-22(27-20-13-7-8-14-21(20)32-19-11-5-2-6-12-19)17-31-23(29)16-26-24(30)25-15-18-9-3-1-4-10-18/h1-14H,15-17H2,(H,27,28)(H2,25,26,30). The van der Waals surface area contributed by atoms with E-state index in [0.29, 0.717) is 12.2 Å². The van der Waals surface area contributed by atoms with Crippen LogP contribution in [0.4, 0.5) is 10.5 Å². The molecule has 0 saturated heterocycles. The number of carbonyl (C=O) groups is 3. The lowest BCUT2D eigenvalue weighted by atomic mass is 10.2. The van der Waals surface area contributed by atoms with Gasteiger partial charge in [0.25, 0.3) is 5.91 Å². The molecule has 3 aromatic rings. The van der Waals surface area contributed by atoms with E-state index in [1.165, 1.54) is 11.8 Å². The molecule has 0 aromatic heterocycles. The molecule has 0 atom stereocenters. The smallest absolute Gasteiger partial charge is 0.325 e. The summed E-state index contributed by atoms with van der Waals surface area (Å²) in [6.07, 6.45) is 0. The van der Waals surface area contributed by atoms with Crippen LogP contribution in [0.2, 0.25) is 0 Å². The number of carbonyl (C=O) groups excluding carboxylic acids is 3. The van der Waals surface area contributed by atoms with Gasteiger partial charge in [-0.3, -0.25) is 9.59 Å². The molecule has 0 aliphatic heterocycles. The van der Waals surface area contributed by atoms with Crippen LogP contribution in [-0.4, -0.2) is 31.1 Å².